The molecule has 0 radical (unpaired) electrons. The van der Waals surface area contributed by atoms with Gasteiger partial charge in [-0.15, -0.1) is 11.8 Å². The monoisotopic (exact) mass is 268 g/mol. The maximum absolute atomic E-state index is 11.6. The van der Waals surface area contributed by atoms with E-state index in [2.05, 4.69) is 10.3 Å². The van der Waals surface area contributed by atoms with Crippen LogP contribution in [0.1, 0.15) is 13.8 Å². The van der Waals surface area contributed by atoms with Crippen LogP contribution in [0.15, 0.2) is 29.4 Å². The molecule has 18 heavy (non-hydrogen) atoms. The Morgan fingerprint density at radius 1 is 1.44 bits per heavy atom. The number of rotatable bonds is 6. The van der Waals surface area contributed by atoms with E-state index in [9.17, 15) is 9.59 Å². The fourth-order valence-electron chi connectivity index (χ4n) is 1.19. The van der Waals surface area contributed by atoms with Gasteiger partial charge in [-0.3, -0.25) is 9.78 Å². The third kappa shape index (κ3) is 5.18. The lowest BCUT2D eigenvalue weighted by atomic mass is 10.3. The number of carbonyl (C=O) groups is 2. The average Bonchev–Trinajstić information content (AvgIpc) is 2.38. The Bertz CT molecular complexity index is 398. The summed E-state index contributed by atoms with van der Waals surface area (Å²) >= 11 is 1.39. The molecule has 0 aliphatic rings. The first-order chi connectivity index (χ1) is 8.63. The summed E-state index contributed by atoms with van der Waals surface area (Å²) in [5.74, 6) is -0.356. The van der Waals surface area contributed by atoms with Crippen LogP contribution < -0.4 is 5.32 Å². The fraction of sp³-hybridized carbons (Fsp3) is 0.417. The molecule has 1 unspecified atom stereocenters. The van der Waals surface area contributed by atoms with E-state index >= 15 is 0 Å². The number of esters is 1. The maximum atomic E-state index is 11.6. The van der Waals surface area contributed by atoms with Crippen LogP contribution in [0.2, 0.25) is 0 Å². The highest BCUT2D eigenvalue weighted by Crippen LogP contribution is 2.15. The molecule has 1 amide bonds. The standard InChI is InChI=1S/C12H16N2O3S/c1-3-17-12(16)9(2)14-11(15)8-18-10-4-6-13-7-5-10/h4-7,9H,3,8H2,1-2H3,(H,14,15). The molecule has 0 aliphatic carbocycles. The lowest BCUT2D eigenvalue weighted by Gasteiger charge is -2.12. The largest absolute Gasteiger partial charge is 0.464 e. The Morgan fingerprint density at radius 2 is 2.11 bits per heavy atom. The minimum atomic E-state index is -0.615. The molecule has 1 rings (SSSR count). The predicted octanol–water partition coefficient (Wildman–Crippen LogP) is 1.24. The number of ether oxygens (including phenoxy) is 1. The zero-order chi connectivity index (χ0) is 13.4. The van der Waals surface area contributed by atoms with Crippen LogP contribution in [-0.2, 0) is 14.3 Å². The maximum Gasteiger partial charge on any atom is 0.328 e. The average molecular weight is 268 g/mol. The molecular weight excluding hydrogens is 252 g/mol. The number of nitrogens with one attached hydrogen (secondary N) is 1. The molecule has 5 nitrogen and oxygen atoms in total. The van der Waals surface area contributed by atoms with Crippen molar-refractivity contribution in [1.29, 1.82) is 0 Å². The van der Waals surface area contributed by atoms with E-state index in [1.807, 2.05) is 12.1 Å². The lowest BCUT2D eigenvalue weighted by Crippen LogP contribution is -2.40. The first-order valence-corrected chi connectivity index (χ1v) is 6.61. The van der Waals surface area contributed by atoms with Crippen LogP contribution >= 0.6 is 11.8 Å². The quantitative estimate of drug-likeness (QED) is 0.621. The van der Waals surface area contributed by atoms with Crippen LogP contribution in [-0.4, -0.2) is 35.3 Å². The second-order valence-corrected chi connectivity index (χ2v) is 4.56. The molecule has 1 atom stereocenters. The van der Waals surface area contributed by atoms with E-state index in [-0.39, 0.29) is 11.7 Å². The Kier molecular flexibility index (Phi) is 6.21. The molecule has 1 aromatic heterocycles. The van der Waals surface area contributed by atoms with E-state index in [4.69, 9.17) is 4.74 Å². The summed E-state index contributed by atoms with van der Waals surface area (Å²) in [4.78, 5) is 27.7. The SMILES string of the molecule is CCOC(=O)C(C)NC(=O)CSc1ccncc1. The van der Waals surface area contributed by atoms with Gasteiger partial charge in [0.25, 0.3) is 0 Å². The molecule has 0 fully saturated rings. The van der Waals surface area contributed by atoms with E-state index in [0.29, 0.717) is 6.61 Å². The minimum absolute atomic E-state index is 0.197. The van der Waals surface area contributed by atoms with Crippen molar-refractivity contribution in [2.75, 3.05) is 12.4 Å². The number of carbonyl (C=O) groups excluding carboxylic acids is 2. The summed E-state index contributed by atoms with van der Waals surface area (Å²) in [5, 5.41) is 2.58. The summed E-state index contributed by atoms with van der Waals surface area (Å²) in [5.41, 5.74) is 0. The summed E-state index contributed by atoms with van der Waals surface area (Å²) < 4.78 is 4.80. The van der Waals surface area contributed by atoms with Gasteiger partial charge in [0, 0.05) is 17.3 Å². The second-order valence-electron chi connectivity index (χ2n) is 3.51. The highest BCUT2D eigenvalue weighted by molar-refractivity contribution is 8.00. The first-order valence-electron chi connectivity index (χ1n) is 5.62. The highest BCUT2D eigenvalue weighted by Gasteiger charge is 2.16. The van der Waals surface area contributed by atoms with E-state index in [0.717, 1.165) is 4.90 Å². The normalized spacial score (nSPS) is 11.7. The number of hydrogen-bond donors (Lipinski definition) is 1. The van der Waals surface area contributed by atoms with E-state index in [1.54, 1.807) is 26.2 Å². The van der Waals surface area contributed by atoms with Crippen molar-refractivity contribution in [3.05, 3.63) is 24.5 Å². The summed E-state index contributed by atoms with van der Waals surface area (Å²) in [6, 6.07) is 3.04. The van der Waals surface area contributed by atoms with Crippen molar-refractivity contribution in [2.24, 2.45) is 0 Å². The van der Waals surface area contributed by atoms with Gasteiger partial charge in [0.15, 0.2) is 0 Å². The molecule has 1 N–H and O–H groups in total. The van der Waals surface area contributed by atoms with Gasteiger partial charge >= 0.3 is 5.97 Å². The molecule has 98 valence electrons. The smallest absolute Gasteiger partial charge is 0.328 e. The zero-order valence-corrected chi connectivity index (χ0v) is 11.2. The lowest BCUT2D eigenvalue weighted by molar-refractivity contribution is -0.146. The molecule has 0 saturated carbocycles. The van der Waals surface area contributed by atoms with Gasteiger partial charge in [-0.25, -0.2) is 4.79 Å². The van der Waals surface area contributed by atoms with Crippen LogP contribution in [0.4, 0.5) is 0 Å². The molecule has 0 aromatic carbocycles. The van der Waals surface area contributed by atoms with Crippen molar-refractivity contribution < 1.29 is 14.3 Å². The summed E-state index contributed by atoms with van der Waals surface area (Å²) in [6.07, 6.45) is 3.34. The molecule has 1 aromatic rings. The Hall–Kier alpha value is -1.56. The van der Waals surface area contributed by atoms with Crippen molar-refractivity contribution in [3.63, 3.8) is 0 Å². The van der Waals surface area contributed by atoms with Gasteiger partial charge in [0.1, 0.15) is 6.04 Å². The number of nitrogens with zero attached hydrogens (tertiary/aromatic N) is 1. The van der Waals surface area contributed by atoms with Crippen molar-refractivity contribution >= 4 is 23.6 Å². The van der Waals surface area contributed by atoms with Gasteiger partial charge < -0.3 is 10.1 Å². The molecule has 1 heterocycles. The van der Waals surface area contributed by atoms with Crippen LogP contribution in [0, 0.1) is 0 Å². The van der Waals surface area contributed by atoms with Crippen molar-refractivity contribution in [2.45, 2.75) is 24.8 Å². The molecule has 0 aliphatic heterocycles. The predicted molar refractivity (Wildman–Crippen MR) is 69.2 cm³/mol. The van der Waals surface area contributed by atoms with Crippen LogP contribution in [0.25, 0.3) is 0 Å². The minimum Gasteiger partial charge on any atom is -0.464 e. The molecule has 0 spiro atoms. The zero-order valence-electron chi connectivity index (χ0n) is 10.4. The molecule has 0 bridgehead atoms. The highest BCUT2D eigenvalue weighted by atomic mass is 32.2. The van der Waals surface area contributed by atoms with Crippen LogP contribution in [0.5, 0.6) is 0 Å². The number of aromatic nitrogens is 1. The summed E-state index contributed by atoms with van der Waals surface area (Å²) in [6.45, 7) is 3.64. The summed E-state index contributed by atoms with van der Waals surface area (Å²) in [7, 11) is 0. The Balaban J connectivity index is 2.31. The third-order valence-electron chi connectivity index (χ3n) is 2.04. The molecular formula is C12H16N2O3S. The number of thioether (sulfide) groups is 1. The van der Waals surface area contributed by atoms with Gasteiger partial charge in [-0.2, -0.15) is 0 Å². The van der Waals surface area contributed by atoms with E-state index in [1.165, 1.54) is 11.8 Å². The van der Waals surface area contributed by atoms with Gasteiger partial charge in [-0.1, -0.05) is 0 Å². The van der Waals surface area contributed by atoms with Gasteiger partial charge in [0.2, 0.25) is 5.91 Å². The molecule has 0 saturated heterocycles. The van der Waals surface area contributed by atoms with Crippen molar-refractivity contribution in [1.82, 2.24) is 10.3 Å². The topological polar surface area (TPSA) is 68.3 Å². The van der Waals surface area contributed by atoms with E-state index < -0.39 is 12.0 Å². The van der Waals surface area contributed by atoms with Crippen molar-refractivity contribution in [3.8, 4) is 0 Å². The van der Waals surface area contributed by atoms with Gasteiger partial charge in [0.05, 0.1) is 12.4 Å². The van der Waals surface area contributed by atoms with Crippen LogP contribution in [0.3, 0.4) is 0 Å². The number of hydrogen-bond acceptors (Lipinski definition) is 5. The van der Waals surface area contributed by atoms with Gasteiger partial charge in [-0.05, 0) is 26.0 Å². The Labute approximate surface area is 110 Å². The fourth-order valence-corrected chi connectivity index (χ4v) is 1.89. The third-order valence-corrected chi connectivity index (χ3v) is 3.05. The first kappa shape index (κ1) is 14.5. The molecule has 6 heteroatoms. The second kappa shape index (κ2) is 7.71. The number of amides is 1. The Morgan fingerprint density at radius 3 is 2.72 bits per heavy atom. The number of pyridine rings is 1.